The fraction of sp³-hybridized carbons (Fsp3) is 0.229. The van der Waals surface area contributed by atoms with Gasteiger partial charge in [-0.25, -0.2) is 22.3 Å². The Hall–Kier alpha value is -5.27. The quantitative estimate of drug-likeness (QED) is 0.159. The number of amides is 1. The minimum Gasteiger partial charge on any atom is -0.491 e. The number of unbranched alkanes of at least 4 members (excludes halogenated alkanes) is 1. The van der Waals surface area contributed by atoms with Crippen LogP contribution in [-0.4, -0.2) is 61.0 Å². The highest BCUT2D eigenvalue weighted by molar-refractivity contribution is 7.92. The van der Waals surface area contributed by atoms with Gasteiger partial charge < -0.3 is 19.6 Å². The number of carbonyl (C=O) groups is 1. The van der Waals surface area contributed by atoms with Gasteiger partial charge in [-0.2, -0.15) is 5.10 Å². The Kier molecular flexibility index (Phi) is 8.91. The summed E-state index contributed by atoms with van der Waals surface area (Å²) in [5.41, 5.74) is 3.87. The third-order valence-corrected chi connectivity index (χ3v) is 9.31. The van der Waals surface area contributed by atoms with E-state index in [1.807, 2.05) is 18.2 Å². The highest BCUT2D eigenvalue weighted by atomic mass is 32.2. The summed E-state index contributed by atoms with van der Waals surface area (Å²) < 4.78 is 54.7. The number of nitrogens with one attached hydrogen (secondary N) is 1. The maximum absolute atomic E-state index is 13.8. The van der Waals surface area contributed by atoms with E-state index in [9.17, 15) is 22.7 Å². The molecule has 0 aliphatic rings. The maximum Gasteiger partial charge on any atom is 0.255 e. The molecule has 0 spiro atoms. The van der Waals surface area contributed by atoms with Gasteiger partial charge in [0.1, 0.15) is 34.3 Å². The minimum atomic E-state index is -3.78. The van der Waals surface area contributed by atoms with Crippen LogP contribution in [0.4, 0.5) is 10.1 Å². The number of nitrogens with zero attached hydrogens (tertiary/aromatic N) is 4. The number of aliphatic hydroxyl groups excluding tert-OH is 1. The lowest BCUT2D eigenvalue weighted by Crippen LogP contribution is -2.25. The molecule has 0 aliphatic carbocycles. The highest BCUT2D eigenvalue weighted by Crippen LogP contribution is 2.42. The Morgan fingerprint density at radius 2 is 1.88 bits per heavy atom. The first kappa shape index (κ1) is 32.7. The van der Waals surface area contributed by atoms with Crippen molar-refractivity contribution in [3.05, 3.63) is 89.9 Å². The molecule has 4 heterocycles. The third kappa shape index (κ3) is 5.98. The van der Waals surface area contributed by atoms with Gasteiger partial charge in [-0.1, -0.05) is 19.4 Å². The summed E-state index contributed by atoms with van der Waals surface area (Å²) in [6.07, 6.45) is 4.57. The van der Waals surface area contributed by atoms with Crippen LogP contribution in [0, 0.1) is 5.82 Å². The van der Waals surface area contributed by atoms with Gasteiger partial charge in [0, 0.05) is 48.4 Å². The molecule has 0 unspecified atom stereocenters. The van der Waals surface area contributed by atoms with Gasteiger partial charge in [-0.15, -0.1) is 0 Å². The molecule has 1 amide bonds. The number of halogens is 1. The molecule has 6 aromatic rings. The topological polar surface area (TPSA) is 139 Å². The van der Waals surface area contributed by atoms with Crippen molar-refractivity contribution in [1.82, 2.24) is 19.9 Å². The molecule has 11 nitrogen and oxygen atoms in total. The largest absolute Gasteiger partial charge is 0.491 e. The first-order valence-electron chi connectivity index (χ1n) is 15.3. The molecule has 2 aromatic carbocycles. The Balaban J connectivity index is 1.64. The van der Waals surface area contributed by atoms with Crippen molar-refractivity contribution in [2.24, 2.45) is 0 Å². The number of anilines is 1. The number of furan rings is 1. The van der Waals surface area contributed by atoms with Crippen LogP contribution in [0.25, 0.3) is 50.5 Å². The standard InChI is InChI=1S/C35H34FN5O6S/c1-5-6-17-46-29-15-14-26(38-33(29)32-25(20-42)27-9-7-8-16-41(27)39-32)23-18-24-30(19-28(23)40(3)48(4,44)45)47-34(31(24)35(43)37-2)21-10-12-22(36)13-11-21/h7-16,18-19,42H,5-6,17,20H2,1-4H3,(H,37,43). The first-order valence-corrected chi connectivity index (χ1v) is 17.1. The number of pyridine rings is 2. The van der Waals surface area contributed by atoms with Gasteiger partial charge in [0.2, 0.25) is 10.0 Å². The number of aromatic nitrogens is 3. The van der Waals surface area contributed by atoms with Gasteiger partial charge >= 0.3 is 0 Å². The monoisotopic (exact) mass is 671 g/mol. The van der Waals surface area contributed by atoms with Crippen LogP contribution in [0.1, 0.15) is 35.7 Å². The third-order valence-electron chi connectivity index (χ3n) is 8.12. The average molecular weight is 672 g/mol. The Bertz CT molecular complexity index is 2260. The van der Waals surface area contributed by atoms with Gasteiger partial charge in [-0.3, -0.25) is 9.10 Å². The summed E-state index contributed by atoms with van der Waals surface area (Å²) in [6.45, 7) is 2.17. The minimum absolute atomic E-state index is 0.191. The zero-order valence-corrected chi connectivity index (χ0v) is 27.6. The molecule has 48 heavy (non-hydrogen) atoms. The SMILES string of the molecule is CCCCOc1ccc(-c2cc3c(C(=O)NC)c(-c4ccc(F)cc4)oc3cc2N(C)S(C)(=O)=O)nc1-c1nn2ccccc2c1CO. The summed E-state index contributed by atoms with van der Waals surface area (Å²) >= 11 is 0. The van der Waals surface area contributed by atoms with E-state index in [1.54, 1.807) is 35.0 Å². The second-order valence-corrected chi connectivity index (χ2v) is 13.3. The van der Waals surface area contributed by atoms with Gasteiger partial charge in [-0.05, 0) is 61.0 Å². The van der Waals surface area contributed by atoms with Gasteiger partial charge in [0.15, 0.2) is 0 Å². The maximum atomic E-state index is 13.8. The number of rotatable bonds is 11. The predicted molar refractivity (Wildman–Crippen MR) is 182 cm³/mol. The number of carbonyl (C=O) groups excluding carboxylic acids is 1. The Labute approximate surface area is 276 Å². The summed E-state index contributed by atoms with van der Waals surface area (Å²) in [4.78, 5) is 18.3. The summed E-state index contributed by atoms with van der Waals surface area (Å²) in [5.74, 6) is -0.263. The van der Waals surface area contributed by atoms with Crippen molar-refractivity contribution in [2.45, 2.75) is 26.4 Å². The summed E-state index contributed by atoms with van der Waals surface area (Å²) in [7, 11) is -0.878. The van der Waals surface area contributed by atoms with E-state index in [1.165, 1.54) is 38.4 Å². The molecule has 0 atom stereocenters. The zero-order chi connectivity index (χ0) is 34.2. The highest BCUT2D eigenvalue weighted by Gasteiger charge is 2.27. The lowest BCUT2D eigenvalue weighted by Gasteiger charge is -2.21. The van der Waals surface area contributed by atoms with Crippen LogP contribution in [-0.2, 0) is 16.6 Å². The van der Waals surface area contributed by atoms with Crippen molar-refractivity contribution in [2.75, 3.05) is 31.3 Å². The summed E-state index contributed by atoms with van der Waals surface area (Å²) in [5, 5.41) is 18.2. The van der Waals surface area contributed by atoms with Crippen LogP contribution in [0.5, 0.6) is 5.75 Å². The normalized spacial score (nSPS) is 11.7. The number of aliphatic hydroxyl groups is 1. The zero-order valence-electron chi connectivity index (χ0n) is 26.8. The van der Waals surface area contributed by atoms with Crippen LogP contribution >= 0.6 is 0 Å². The molecule has 6 rings (SSSR count). The fourth-order valence-corrected chi connectivity index (χ4v) is 6.05. The molecule has 13 heteroatoms. The number of fused-ring (bicyclic) bond motifs is 2. The lowest BCUT2D eigenvalue weighted by atomic mass is 10.00. The second-order valence-electron chi connectivity index (χ2n) is 11.2. The van der Waals surface area contributed by atoms with Crippen LogP contribution in [0.2, 0.25) is 0 Å². The van der Waals surface area contributed by atoms with E-state index < -0.39 is 21.7 Å². The molecule has 4 aromatic heterocycles. The lowest BCUT2D eigenvalue weighted by molar-refractivity contribution is 0.0964. The smallest absolute Gasteiger partial charge is 0.255 e. The van der Waals surface area contributed by atoms with Crippen LogP contribution < -0.4 is 14.4 Å². The van der Waals surface area contributed by atoms with E-state index in [2.05, 4.69) is 12.2 Å². The number of hydrogen-bond acceptors (Lipinski definition) is 8. The molecular formula is C35H34FN5O6S. The second kappa shape index (κ2) is 13.1. The number of hydrogen-bond donors (Lipinski definition) is 2. The summed E-state index contributed by atoms with van der Waals surface area (Å²) in [6, 6.07) is 17.7. The Morgan fingerprint density at radius 3 is 2.56 bits per heavy atom. The van der Waals surface area contributed by atoms with Crippen molar-refractivity contribution < 1.29 is 31.9 Å². The molecule has 2 N–H and O–H groups in total. The van der Waals surface area contributed by atoms with Crippen molar-refractivity contribution >= 4 is 38.1 Å². The molecule has 248 valence electrons. The van der Waals surface area contributed by atoms with E-state index in [0.29, 0.717) is 57.0 Å². The Morgan fingerprint density at radius 1 is 1.10 bits per heavy atom. The van der Waals surface area contributed by atoms with Gasteiger partial charge in [0.05, 0.1) is 41.9 Å². The number of sulfonamides is 1. The molecule has 0 saturated heterocycles. The number of ether oxygens (including phenoxy) is 1. The predicted octanol–water partition coefficient (Wildman–Crippen LogP) is 6.04. The van der Waals surface area contributed by atoms with Crippen molar-refractivity contribution in [1.29, 1.82) is 0 Å². The van der Waals surface area contributed by atoms with E-state index >= 15 is 0 Å². The average Bonchev–Trinajstić information content (AvgIpc) is 3.65. The van der Waals surface area contributed by atoms with Crippen LogP contribution in [0.3, 0.4) is 0 Å². The van der Waals surface area contributed by atoms with E-state index in [-0.39, 0.29) is 29.2 Å². The number of benzene rings is 2. The van der Waals surface area contributed by atoms with Crippen LogP contribution in [0.15, 0.2) is 77.3 Å². The van der Waals surface area contributed by atoms with Crippen molar-refractivity contribution in [3.63, 3.8) is 0 Å². The first-order chi connectivity index (χ1) is 23.0. The van der Waals surface area contributed by atoms with Gasteiger partial charge in [0.25, 0.3) is 5.91 Å². The molecule has 0 aliphatic heterocycles. The molecule has 0 bridgehead atoms. The van der Waals surface area contributed by atoms with E-state index in [4.69, 9.17) is 19.2 Å². The molecule has 0 radical (unpaired) electrons. The molecule has 0 fully saturated rings. The van der Waals surface area contributed by atoms with E-state index in [0.717, 1.165) is 23.4 Å². The fourth-order valence-electron chi connectivity index (χ4n) is 5.54. The molecule has 0 saturated carbocycles. The molecular weight excluding hydrogens is 637 g/mol. The van der Waals surface area contributed by atoms with Crippen molar-refractivity contribution in [3.8, 4) is 39.7 Å².